The molecule has 124 valence electrons. The van der Waals surface area contributed by atoms with Crippen molar-refractivity contribution in [1.82, 2.24) is 0 Å². The summed E-state index contributed by atoms with van der Waals surface area (Å²) in [5.41, 5.74) is -0.849. The maximum absolute atomic E-state index is 11.3. The van der Waals surface area contributed by atoms with Crippen LogP contribution < -0.4 is 0 Å². The molecule has 0 unspecified atom stereocenters. The zero-order chi connectivity index (χ0) is 16.9. The molecule has 0 spiro atoms. The fourth-order valence-electron chi connectivity index (χ4n) is 1.97. The van der Waals surface area contributed by atoms with Crippen molar-refractivity contribution in [3.8, 4) is 0 Å². The number of carbonyl (C=O) groups excluding carboxylic acids is 4. The second kappa shape index (κ2) is 8.14. The quantitative estimate of drug-likeness (QED) is 0.534. The van der Waals surface area contributed by atoms with Gasteiger partial charge in [0.05, 0.1) is 6.61 Å². The van der Waals surface area contributed by atoms with E-state index >= 15 is 0 Å². The molecule has 0 aromatic rings. The summed E-state index contributed by atoms with van der Waals surface area (Å²) in [4.78, 5) is 45.0. The second-order valence-electron chi connectivity index (χ2n) is 4.61. The van der Waals surface area contributed by atoms with Gasteiger partial charge in [-0.2, -0.15) is 0 Å². The van der Waals surface area contributed by atoms with Gasteiger partial charge in [0.2, 0.25) is 0 Å². The molecule has 1 rings (SSSR count). The number of hydrogen-bond acceptors (Lipinski definition) is 9. The smallest absolute Gasteiger partial charge is 0.303 e. The molecule has 1 aliphatic rings. The zero-order valence-electron chi connectivity index (χ0n) is 12.7. The molecular formula is C13H18O8S. The molecule has 1 heterocycles. The van der Waals surface area contributed by atoms with Crippen LogP contribution in [0.15, 0.2) is 0 Å². The molecule has 4 atom stereocenters. The van der Waals surface area contributed by atoms with Crippen molar-refractivity contribution < 1.29 is 38.1 Å². The van der Waals surface area contributed by atoms with E-state index in [-0.39, 0.29) is 11.7 Å². The Labute approximate surface area is 131 Å². The lowest BCUT2D eigenvalue weighted by molar-refractivity contribution is -0.213. The first kappa shape index (κ1) is 18.4. The third-order valence-electron chi connectivity index (χ3n) is 2.59. The van der Waals surface area contributed by atoms with E-state index < -0.39 is 41.7 Å². The molecule has 22 heavy (non-hydrogen) atoms. The number of ether oxygens (including phenoxy) is 4. The van der Waals surface area contributed by atoms with Gasteiger partial charge in [-0.3, -0.25) is 19.2 Å². The van der Waals surface area contributed by atoms with Crippen molar-refractivity contribution in [3.63, 3.8) is 0 Å². The predicted octanol–water partition coefficient (Wildman–Crippen LogP) is 0.417. The van der Waals surface area contributed by atoms with Gasteiger partial charge in [-0.25, -0.2) is 0 Å². The van der Waals surface area contributed by atoms with Gasteiger partial charge in [0, 0.05) is 27.7 Å². The van der Waals surface area contributed by atoms with E-state index in [1.165, 1.54) is 27.7 Å². The highest BCUT2D eigenvalue weighted by Crippen LogP contribution is 2.30. The molecule has 8 nitrogen and oxygen atoms in total. The summed E-state index contributed by atoms with van der Waals surface area (Å²) in [6.45, 7) is 4.80. The van der Waals surface area contributed by atoms with Crippen LogP contribution in [0.1, 0.15) is 27.7 Å². The Balaban J connectivity index is 3.03. The fourth-order valence-corrected chi connectivity index (χ4v) is 2.79. The third-order valence-corrected chi connectivity index (χ3v) is 3.56. The van der Waals surface area contributed by atoms with Crippen LogP contribution in [0.4, 0.5) is 0 Å². The highest BCUT2D eigenvalue weighted by atomic mass is 32.2. The van der Waals surface area contributed by atoms with Gasteiger partial charge >= 0.3 is 17.9 Å². The molecule has 1 aliphatic heterocycles. The van der Waals surface area contributed by atoms with Crippen LogP contribution in [0.3, 0.4) is 0 Å². The first-order valence-corrected chi connectivity index (χ1v) is 7.39. The van der Waals surface area contributed by atoms with Gasteiger partial charge in [0.1, 0.15) is 0 Å². The van der Waals surface area contributed by atoms with Crippen LogP contribution in [0.25, 0.3) is 0 Å². The van der Waals surface area contributed by atoms with Crippen molar-refractivity contribution in [2.24, 2.45) is 0 Å². The summed E-state index contributed by atoms with van der Waals surface area (Å²) in [6.07, 6.45) is -3.03. The van der Waals surface area contributed by atoms with Crippen LogP contribution in [0.2, 0.25) is 0 Å². The minimum Gasteiger partial charge on any atom is -0.456 e. The van der Waals surface area contributed by atoms with Crippen LogP contribution in [-0.2, 0) is 38.1 Å². The van der Waals surface area contributed by atoms with Crippen molar-refractivity contribution in [2.75, 3.05) is 6.61 Å². The number of hydrogen-bond donors (Lipinski definition) is 0. The third kappa shape index (κ3) is 5.64. The first-order valence-electron chi connectivity index (χ1n) is 6.51. The van der Waals surface area contributed by atoms with E-state index in [0.717, 1.165) is 11.8 Å². The molecule has 0 saturated carbocycles. The SMILES string of the molecule is CC(=O)O[C@H]1[C@H](OC(C)=O)[C@H](OC(C)=O)CO[C@@H]1SC(C)=O. The van der Waals surface area contributed by atoms with Crippen LogP contribution >= 0.6 is 11.8 Å². The Bertz CT molecular complexity index is 421. The van der Waals surface area contributed by atoms with Gasteiger partial charge in [-0.15, -0.1) is 0 Å². The van der Waals surface area contributed by atoms with E-state index in [2.05, 4.69) is 0 Å². The summed E-state index contributed by atoms with van der Waals surface area (Å²) >= 11 is 0.807. The molecule has 1 saturated heterocycles. The second-order valence-corrected chi connectivity index (χ2v) is 5.88. The van der Waals surface area contributed by atoms with E-state index in [0.29, 0.717) is 0 Å². The van der Waals surface area contributed by atoms with Crippen LogP contribution in [0, 0.1) is 0 Å². The first-order chi connectivity index (χ1) is 10.2. The lowest BCUT2D eigenvalue weighted by Gasteiger charge is -2.39. The van der Waals surface area contributed by atoms with Crippen molar-refractivity contribution in [1.29, 1.82) is 0 Å². The van der Waals surface area contributed by atoms with E-state index in [9.17, 15) is 19.2 Å². The average Bonchev–Trinajstić information content (AvgIpc) is 2.34. The van der Waals surface area contributed by atoms with Gasteiger partial charge in [-0.05, 0) is 0 Å². The minimum atomic E-state index is -1.06. The standard InChI is InChI=1S/C13H18O8S/c1-6(14)19-10-5-18-13(22-9(4)17)12(21-8(3)16)11(10)20-7(2)15/h10-13H,5H2,1-4H3/t10-,11-,12+,13-/m1/s1. The molecule has 1 fully saturated rings. The molecular weight excluding hydrogens is 316 g/mol. The molecule has 9 heteroatoms. The lowest BCUT2D eigenvalue weighted by Crippen LogP contribution is -2.56. The molecule has 0 amide bonds. The van der Waals surface area contributed by atoms with E-state index in [1.54, 1.807) is 0 Å². The Kier molecular flexibility index (Phi) is 6.82. The summed E-state index contributed by atoms with van der Waals surface area (Å²) in [5, 5.41) is -0.255. The van der Waals surface area contributed by atoms with Gasteiger partial charge < -0.3 is 18.9 Å². The molecule has 0 aliphatic carbocycles. The monoisotopic (exact) mass is 334 g/mol. The molecule has 0 N–H and O–H groups in total. The Morgan fingerprint density at radius 3 is 1.82 bits per heavy atom. The van der Waals surface area contributed by atoms with Gasteiger partial charge in [0.15, 0.2) is 28.9 Å². The topological polar surface area (TPSA) is 105 Å². The van der Waals surface area contributed by atoms with E-state index in [4.69, 9.17) is 18.9 Å². The van der Waals surface area contributed by atoms with Crippen LogP contribution in [-0.4, -0.2) is 53.4 Å². The Morgan fingerprint density at radius 1 is 0.864 bits per heavy atom. The Morgan fingerprint density at radius 2 is 1.36 bits per heavy atom. The summed E-state index contributed by atoms with van der Waals surface area (Å²) < 4.78 is 20.7. The number of rotatable bonds is 4. The Hall–Kier alpha value is -1.61. The van der Waals surface area contributed by atoms with Crippen molar-refractivity contribution in [3.05, 3.63) is 0 Å². The lowest BCUT2D eigenvalue weighted by atomic mass is 10.1. The maximum Gasteiger partial charge on any atom is 0.303 e. The average molecular weight is 334 g/mol. The highest BCUT2D eigenvalue weighted by Gasteiger charge is 2.47. The van der Waals surface area contributed by atoms with Crippen molar-refractivity contribution >= 4 is 34.8 Å². The zero-order valence-corrected chi connectivity index (χ0v) is 13.5. The number of carbonyl (C=O) groups is 4. The normalized spacial score (nSPS) is 27.6. The molecule has 0 aromatic heterocycles. The highest BCUT2D eigenvalue weighted by molar-refractivity contribution is 8.14. The van der Waals surface area contributed by atoms with E-state index in [1.807, 2.05) is 0 Å². The summed E-state index contributed by atoms with van der Waals surface area (Å²) in [7, 11) is 0. The van der Waals surface area contributed by atoms with Gasteiger partial charge in [0.25, 0.3) is 0 Å². The predicted molar refractivity (Wildman–Crippen MR) is 74.7 cm³/mol. The largest absolute Gasteiger partial charge is 0.456 e. The van der Waals surface area contributed by atoms with Crippen LogP contribution in [0.5, 0.6) is 0 Å². The molecule has 0 radical (unpaired) electrons. The van der Waals surface area contributed by atoms with Crippen molar-refractivity contribution in [2.45, 2.75) is 51.4 Å². The molecule has 0 bridgehead atoms. The van der Waals surface area contributed by atoms with Gasteiger partial charge in [-0.1, -0.05) is 11.8 Å². The number of esters is 3. The molecule has 0 aromatic carbocycles. The fraction of sp³-hybridized carbons (Fsp3) is 0.692. The minimum absolute atomic E-state index is 0.0831. The number of thioether (sulfide) groups is 1. The summed E-state index contributed by atoms with van der Waals surface area (Å²) in [6, 6.07) is 0. The summed E-state index contributed by atoms with van der Waals surface area (Å²) in [5.74, 6) is -1.86. The maximum atomic E-state index is 11.3.